The topological polar surface area (TPSA) is 20.3 Å². The van der Waals surface area contributed by atoms with E-state index in [1.54, 1.807) is 6.92 Å². The summed E-state index contributed by atoms with van der Waals surface area (Å²) in [6.45, 7) is 8.05. The Hall–Kier alpha value is -0.180. The van der Waals surface area contributed by atoms with Gasteiger partial charge < -0.3 is 4.90 Å². The van der Waals surface area contributed by atoms with Gasteiger partial charge in [0.25, 0.3) is 0 Å². The predicted molar refractivity (Wildman–Crippen MR) is 58.0 cm³/mol. The van der Waals surface area contributed by atoms with Crippen molar-refractivity contribution in [2.75, 3.05) is 13.1 Å². The van der Waals surface area contributed by atoms with Gasteiger partial charge in [-0.15, -0.1) is 0 Å². The first-order valence-electron chi connectivity index (χ1n) is 5.00. The van der Waals surface area contributed by atoms with Crippen molar-refractivity contribution in [1.29, 1.82) is 0 Å². The molecule has 1 aliphatic rings. The Labute approximate surface area is 85.1 Å². The minimum Gasteiger partial charge on any atom is -0.343 e. The van der Waals surface area contributed by atoms with E-state index in [2.05, 4.69) is 25.6 Å². The molecule has 76 valence electrons. The molecular formula is C10H19NOS. The van der Waals surface area contributed by atoms with Crippen LogP contribution in [0.4, 0.5) is 0 Å². The Kier molecular flexibility index (Phi) is 4.10. The van der Waals surface area contributed by atoms with E-state index < -0.39 is 0 Å². The van der Waals surface area contributed by atoms with Gasteiger partial charge >= 0.3 is 0 Å². The third-order valence-corrected chi connectivity index (χ3v) is 3.75. The second-order valence-corrected chi connectivity index (χ2v) is 5.77. The number of carbonyl (C=O) groups excluding carboxylic acids is 1. The largest absolute Gasteiger partial charge is 0.343 e. The van der Waals surface area contributed by atoms with Gasteiger partial charge in [-0.05, 0) is 18.1 Å². The van der Waals surface area contributed by atoms with Crippen molar-refractivity contribution in [3.05, 3.63) is 0 Å². The molecule has 0 saturated carbocycles. The van der Waals surface area contributed by atoms with Gasteiger partial charge in [-0.25, -0.2) is 0 Å². The van der Waals surface area contributed by atoms with E-state index in [-0.39, 0.29) is 5.91 Å². The van der Waals surface area contributed by atoms with E-state index >= 15 is 0 Å². The molecule has 1 saturated heterocycles. The van der Waals surface area contributed by atoms with Crippen LogP contribution in [0.5, 0.6) is 0 Å². The molecule has 0 aromatic carbocycles. The van der Waals surface area contributed by atoms with Gasteiger partial charge in [0.15, 0.2) is 0 Å². The van der Waals surface area contributed by atoms with Crippen LogP contribution in [0.2, 0.25) is 0 Å². The molecule has 0 aliphatic carbocycles. The van der Waals surface area contributed by atoms with E-state index in [4.69, 9.17) is 0 Å². The molecule has 0 aromatic heterocycles. The number of hydrogen-bond acceptors (Lipinski definition) is 2. The second kappa shape index (κ2) is 4.89. The summed E-state index contributed by atoms with van der Waals surface area (Å²) in [6, 6.07) is 0. The fourth-order valence-corrected chi connectivity index (χ4v) is 2.94. The van der Waals surface area contributed by atoms with Crippen molar-refractivity contribution >= 4 is 17.7 Å². The molecule has 0 unspecified atom stereocenters. The Bertz CT molecular complexity index is 174. The molecule has 0 bridgehead atoms. The summed E-state index contributed by atoms with van der Waals surface area (Å²) in [7, 11) is 0. The summed E-state index contributed by atoms with van der Waals surface area (Å²) in [6.07, 6.45) is 2.34. The van der Waals surface area contributed by atoms with Gasteiger partial charge in [0.05, 0.1) is 0 Å². The fourth-order valence-electron chi connectivity index (χ4n) is 1.69. The summed E-state index contributed by atoms with van der Waals surface area (Å²) in [5.41, 5.74) is 0. The number of hydrogen-bond donors (Lipinski definition) is 0. The highest BCUT2D eigenvalue weighted by molar-refractivity contribution is 8.00. The molecule has 3 heteroatoms. The zero-order valence-electron chi connectivity index (χ0n) is 8.75. The lowest BCUT2D eigenvalue weighted by molar-refractivity contribution is -0.129. The van der Waals surface area contributed by atoms with Crippen LogP contribution in [0.1, 0.15) is 33.6 Å². The number of likely N-dealkylation sites (tertiary alicyclic amines) is 1. The van der Waals surface area contributed by atoms with Crippen LogP contribution in [0, 0.1) is 0 Å². The van der Waals surface area contributed by atoms with Gasteiger partial charge in [0.1, 0.15) is 0 Å². The summed E-state index contributed by atoms with van der Waals surface area (Å²) in [4.78, 5) is 13.0. The first-order valence-corrected chi connectivity index (χ1v) is 5.95. The van der Waals surface area contributed by atoms with Crippen LogP contribution >= 0.6 is 11.8 Å². The Morgan fingerprint density at radius 3 is 2.31 bits per heavy atom. The van der Waals surface area contributed by atoms with Crippen LogP contribution in [0.15, 0.2) is 0 Å². The molecular weight excluding hydrogens is 182 g/mol. The second-order valence-electron chi connectivity index (χ2n) is 3.89. The monoisotopic (exact) mass is 201 g/mol. The average Bonchev–Trinajstić information content (AvgIpc) is 2.04. The van der Waals surface area contributed by atoms with E-state index in [1.807, 2.05) is 4.90 Å². The molecule has 1 heterocycles. The molecule has 0 aromatic rings. The maximum Gasteiger partial charge on any atom is 0.219 e. The highest BCUT2D eigenvalue weighted by atomic mass is 32.2. The van der Waals surface area contributed by atoms with Gasteiger partial charge in [-0.3, -0.25) is 4.79 Å². The predicted octanol–water partition coefficient (Wildman–Crippen LogP) is 2.14. The zero-order chi connectivity index (χ0) is 9.84. The quantitative estimate of drug-likeness (QED) is 0.682. The third-order valence-electron chi connectivity index (χ3n) is 2.35. The van der Waals surface area contributed by atoms with Crippen molar-refractivity contribution in [2.24, 2.45) is 0 Å². The van der Waals surface area contributed by atoms with Gasteiger partial charge in [0.2, 0.25) is 5.91 Å². The average molecular weight is 201 g/mol. The smallest absolute Gasteiger partial charge is 0.219 e. The zero-order valence-corrected chi connectivity index (χ0v) is 9.56. The molecule has 1 fully saturated rings. The van der Waals surface area contributed by atoms with E-state index in [9.17, 15) is 4.79 Å². The highest BCUT2D eigenvalue weighted by Crippen LogP contribution is 2.26. The number of thioether (sulfide) groups is 1. The molecule has 0 radical (unpaired) electrons. The molecule has 0 N–H and O–H groups in total. The van der Waals surface area contributed by atoms with E-state index in [1.165, 1.54) is 12.8 Å². The summed E-state index contributed by atoms with van der Waals surface area (Å²) >= 11 is 2.05. The van der Waals surface area contributed by atoms with E-state index in [0.717, 1.165) is 18.3 Å². The van der Waals surface area contributed by atoms with Crippen LogP contribution in [0.25, 0.3) is 0 Å². The number of nitrogens with zero attached hydrogens (tertiary/aromatic N) is 1. The fraction of sp³-hybridized carbons (Fsp3) is 0.900. The minimum absolute atomic E-state index is 0.230. The molecule has 0 atom stereocenters. The number of carbonyl (C=O) groups is 1. The maximum atomic E-state index is 11.0. The Morgan fingerprint density at radius 2 is 1.92 bits per heavy atom. The molecule has 1 amide bonds. The molecule has 13 heavy (non-hydrogen) atoms. The summed E-state index contributed by atoms with van der Waals surface area (Å²) in [5, 5.41) is 1.49. The SMILES string of the molecule is CC(=O)N1CCC(SC(C)C)CC1. The lowest BCUT2D eigenvalue weighted by Gasteiger charge is -2.31. The first-order chi connectivity index (χ1) is 6.09. The first kappa shape index (κ1) is 10.9. The van der Waals surface area contributed by atoms with Gasteiger partial charge in [0, 0.05) is 25.3 Å². The normalized spacial score (nSPS) is 19.5. The van der Waals surface area contributed by atoms with Crippen molar-refractivity contribution in [3.63, 3.8) is 0 Å². The van der Waals surface area contributed by atoms with Crippen LogP contribution in [-0.4, -0.2) is 34.4 Å². The third kappa shape index (κ3) is 3.59. The van der Waals surface area contributed by atoms with E-state index in [0.29, 0.717) is 5.25 Å². The van der Waals surface area contributed by atoms with Crippen molar-refractivity contribution in [2.45, 2.75) is 44.1 Å². The molecule has 1 aliphatic heterocycles. The van der Waals surface area contributed by atoms with Crippen LogP contribution in [0.3, 0.4) is 0 Å². The molecule has 0 spiro atoms. The maximum absolute atomic E-state index is 11.0. The van der Waals surface area contributed by atoms with Gasteiger partial charge in [-0.1, -0.05) is 13.8 Å². The number of rotatable bonds is 2. The summed E-state index contributed by atoms with van der Waals surface area (Å²) in [5.74, 6) is 0.230. The number of amides is 1. The van der Waals surface area contributed by atoms with Crippen molar-refractivity contribution in [3.8, 4) is 0 Å². The molecule has 1 rings (SSSR count). The number of piperidine rings is 1. The lowest BCUT2D eigenvalue weighted by atomic mass is 10.1. The van der Waals surface area contributed by atoms with Crippen molar-refractivity contribution in [1.82, 2.24) is 4.90 Å². The van der Waals surface area contributed by atoms with Crippen LogP contribution in [-0.2, 0) is 4.79 Å². The van der Waals surface area contributed by atoms with Gasteiger partial charge in [-0.2, -0.15) is 11.8 Å². The Morgan fingerprint density at radius 1 is 1.38 bits per heavy atom. The minimum atomic E-state index is 0.230. The highest BCUT2D eigenvalue weighted by Gasteiger charge is 2.21. The lowest BCUT2D eigenvalue weighted by Crippen LogP contribution is -2.38. The van der Waals surface area contributed by atoms with Crippen LogP contribution < -0.4 is 0 Å². The van der Waals surface area contributed by atoms with Crippen molar-refractivity contribution < 1.29 is 4.79 Å². The standard InChI is InChI=1S/C10H19NOS/c1-8(2)13-10-4-6-11(7-5-10)9(3)12/h8,10H,4-7H2,1-3H3. The summed E-state index contributed by atoms with van der Waals surface area (Å²) < 4.78 is 0. The molecule has 2 nitrogen and oxygen atoms in total. The Balaban J connectivity index is 2.26.